The predicted molar refractivity (Wildman–Crippen MR) is 496 cm³/mol. The van der Waals surface area contributed by atoms with Crippen LogP contribution in [-0.4, -0.2) is 143 Å². The van der Waals surface area contributed by atoms with Crippen molar-refractivity contribution >= 4 is 0 Å². The maximum atomic E-state index is 5.92. The molecule has 0 aromatic carbocycles. The topological polar surface area (TPSA) is 102 Å². The second-order valence-electron chi connectivity index (χ2n) is 42.0. The van der Waals surface area contributed by atoms with Gasteiger partial charge < -0.3 is 52.1 Å². The van der Waals surface area contributed by atoms with Crippen LogP contribution < -0.4 is 0 Å². The standard InChI is InChI=1S/C14H26O.2C13H22O.C12H20O.C9H18O.C8H16O.2C8H18O.2C7H16O.C6H14O/c1-2-15-14-10-6-9-13(11-14)12-7-4-3-5-8-12;1-2-14-9-13-6-10-3-11(7-13)5-12(4-10)8-13;1-2-14-8-13-11-4-9-3-10(6-11)7-12(13)5-9;1-2-13-12-10-4-8-3-9(6-10)7-11(12)5-8;1-8(10-2)9-6-4-3-5-7-9;1-7(9-2)8-5-3-4-6-8;1-6(2)7(3)8(4)9-5;1-6(2)8(5)9-7(3)4;1-5-6(2)7(3)8-4;1-5-8-7(4)6(2)3;1-5(2)6(3)7-4/h12-14H,2-11H2,1H3;10-12H,2-9H2,1H3;9-13H,2-8H2,1H3;8-12H,2-7H2,1H3;8-9H,3-7H2,1-2H3;7-8H,3-6H2,1-2H3;2*6-8H,1-5H3;2*6-7H,5H2,1-4H3;5-6H,1-4H3. The van der Waals surface area contributed by atoms with Gasteiger partial charge in [-0.1, -0.05) is 153 Å². The summed E-state index contributed by atoms with van der Waals surface area (Å²) in [6.45, 7) is 60.2. The Labute approximate surface area is 724 Å². The molecule has 0 aromatic heterocycles. The highest BCUT2D eigenvalue weighted by Gasteiger charge is 2.52. The molecule has 12 bridgehead atoms. The van der Waals surface area contributed by atoms with Crippen molar-refractivity contribution in [2.24, 2.45) is 136 Å². The molecule has 11 nitrogen and oxygen atoms in total. The van der Waals surface area contributed by atoms with Gasteiger partial charge >= 0.3 is 0 Å². The van der Waals surface area contributed by atoms with Crippen LogP contribution in [0.15, 0.2) is 0 Å². The molecule has 11 heteroatoms. The van der Waals surface area contributed by atoms with E-state index < -0.39 is 0 Å². The van der Waals surface area contributed by atoms with E-state index >= 15 is 0 Å². The molecule has 0 N–H and O–H groups in total. The molecular formula is C105H206O11. The van der Waals surface area contributed by atoms with E-state index in [0.717, 1.165) is 147 Å². The average molecular weight is 1640 g/mol. The zero-order valence-electron chi connectivity index (χ0n) is 83.2. The van der Waals surface area contributed by atoms with Gasteiger partial charge in [0.25, 0.3) is 0 Å². The number of hydrogen-bond donors (Lipinski definition) is 0. The third-order valence-electron chi connectivity index (χ3n) is 31.8. The summed E-state index contributed by atoms with van der Waals surface area (Å²) in [4.78, 5) is 0. The number of rotatable bonds is 29. The Morgan fingerprint density at radius 1 is 0.310 bits per heavy atom. The fraction of sp³-hybridized carbons (Fsp3) is 1.00. The molecule has 16 saturated carbocycles. The number of ether oxygens (including phenoxy) is 11. The smallest absolute Gasteiger partial charge is 0.0631 e. The summed E-state index contributed by atoms with van der Waals surface area (Å²) in [5.74, 6) is 20.2. The van der Waals surface area contributed by atoms with E-state index in [1.54, 1.807) is 53.4 Å². The Kier molecular flexibility index (Phi) is 58.5. The van der Waals surface area contributed by atoms with E-state index in [4.69, 9.17) is 52.1 Å². The van der Waals surface area contributed by atoms with Gasteiger partial charge in [0.05, 0.1) is 67.6 Å². The maximum Gasteiger partial charge on any atom is 0.0631 e. The van der Waals surface area contributed by atoms with Crippen molar-refractivity contribution < 1.29 is 52.1 Å². The van der Waals surface area contributed by atoms with Crippen LogP contribution in [0.5, 0.6) is 0 Å². The summed E-state index contributed by atoms with van der Waals surface area (Å²) < 4.78 is 59.7. The fourth-order valence-corrected chi connectivity index (χ4v) is 23.3. The van der Waals surface area contributed by atoms with Gasteiger partial charge in [-0.25, -0.2) is 0 Å². The third-order valence-corrected chi connectivity index (χ3v) is 31.8. The summed E-state index contributed by atoms with van der Waals surface area (Å²) in [7, 11) is 8.90. The number of methoxy groups -OCH3 is 5. The highest BCUT2D eigenvalue weighted by Crippen LogP contribution is 2.61. The van der Waals surface area contributed by atoms with Crippen molar-refractivity contribution in [1.29, 1.82) is 0 Å². The molecule has 116 heavy (non-hydrogen) atoms. The lowest BCUT2D eigenvalue weighted by molar-refractivity contribution is -0.123. The SMILES string of the molecule is CC(C)OC(C)C(C)C.CCC(C)C(C)OC.CCOC(C)C(C)C.CCOC1C2CC3CC(C2)CC1C3.CCOC1CCCC(C2CCCCC2)C1.CCOCC12CC3CC(CC(C3)C1)C2.CCOCC1C2CC3CC(C2)CC1C3.COC(C)C(C)C.COC(C)C(C)C(C)C.COC(C)C1CCCC1.COC(C)C1CCCCC1. The molecule has 0 heterocycles. The van der Waals surface area contributed by atoms with E-state index in [1.165, 1.54) is 193 Å². The van der Waals surface area contributed by atoms with Crippen molar-refractivity contribution in [2.75, 3.05) is 81.8 Å². The van der Waals surface area contributed by atoms with Crippen LogP contribution in [0.1, 0.15) is 398 Å². The highest BCUT2D eigenvalue weighted by atomic mass is 16.5. The second kappa shape index (κ2) is 61.8. The van der Waals surface area contributed by atoms with Crippen LogP contribution in [0.3, 0.4) is 0 Å². The lowest BCUT2D eigenvalue weighted by Gasteiger charge is -2.56. The van der Waals surface area contributed by atoms with Crippen molar-refractivity contribution in [3.63, 3.8) is 0 Å². The molecule has 0 amide bonds. The van der Waals surface area contributed by atoms with Gasteiger partial charge in [-0.15, -0.1) is 0 Å². The lowest BCUT2D eigenvalue weighted by atomic mass is 9.50. The quantitative estimate of drug-likeness (QED) is 0.0715. The van der Waals surface area contributed by atoms with Crippen molar-refractivity contribution in [3.8, 4) is 0 Å². The lowest BCUT2D eigenvalue weighted by Crippen LogP contribution is -2.49. The third kappa shape index (κ3) is 41.8. The van der Waals surface area contributed by atoms with Crippen LogP contribution in [-0.2, 0) is 52.1 Å². The predicted octanol–water partition coefficient (Wildman–Crippen LogP) is 28.7. The number of hydrogen-bond acceptors (Lipinski definition) is 11. The Morgan fingerprint density at radius 2 is 0.707 bits per heavy atom. The first-order chi connectivity index (χ1) is 55.3. The minimum atomic E-state index is 0.363. The molecule has 11 unspecified atom stereocenters. The molecule has 16 aliphatic rings. The van der Waals surface area contributed by atoms with Crippen LogP contribution >= 0.6 is 0 Å². The zero-order chi connectivity index (χ0) is 86.5. The highest BCUT2D eigenvalue weighted by molar-refractivity contribution is 5.02. The zero-order valence-corrected chi connectivity index (χ0v) is 83.2. The van der Waals surface area contributed by atoms with Gasteiger partial charge in [-0.2, -0.15) is 0 Å². The first-order valence-corrected chi connectivity index (χ1v) is 50.6. The molecule has 0 spiro atoms. The molecule has 0 saturated heterocycles. The normalized spacial score (nSPS) is 32.1. The van der Waals surface area contributed by atoms with Crippen molar-refractivity contribution in [2.45, 2.75) is 459 Å². The first-order valence-electron chi connectivity index (χ1n) is 50.6. The van der Waals surface area contributed by atoms with E-state index in [0.29, 0.717) is 96.0 Å². The van der Waals surface area contributed by atoms with Crippen LogP contribution in [0, 0.1) is 136 Å². The Hall–Kier alpha value is -0.440. The molecule has 16 aliphatic carbocycles. The van der Waals surface area contributed by atoms with Gasteiger partial charge in [0.2, 0.25) is 0 Å². The van der Waals surface area contributed by atoms with Crippen molar-refractivity contribution in [1.82, 2.24) is 0 Å². The summed E-state index contributed by atoms with van der Waals surface area (Å²) in [5.41, 5.74) is 0.630. The molecule has 16 fully saturated rings. The Balaban J connectivity index is 0.000000333. The summed E-state index contributed by atoms with van der Waals surface area (Å²) in [6.07, 6.45) is 55.7. The Morgan fingerprint density at radius 3 is 1.03 bits per heavy atom. The van der Waals surface area contributed by atoms with Gasteiger partial charge in [0, 0.05) is 75.2 Å². The summed E-state index contributed by atoms with van der Waals surface area (Å²) in [5, 5.41) is 0. The molecule has 11 atom stereocenters. The maximum absolute atomic E-state index is 5.92. The average Bonchev–Trinajstić information content (AvgIpc) is 0.800. The molecule has 0 aliphatic heterocycles. The minimum absolute atomic E-state index is 0.363. The fourth-order valence-electron chi connectivity index (χ4n) is 23.3. The van der Waals surface area contributed by atoms with E-state index in [9.17, 15) is 0 Å². The van der Waals surface area contributed by atoms with Crippen LogP contribution in [0.4, 0.5) is 0 Å². The van der Waals surface area contributed by atoms with Gasteiger partial charge in [0.1, 0.15) is 0 Å². The minimum Gasteiger partial charge on any atom is -0.381 e. The Bertz CT molecular complexity index is 2160. The molecular weight excluding hydrogens is 1440 g/mol. The van der Waals surface area contributed by atoms with Crippen LogP contribution in [0.2, 0.25) is 0 Å². The molecule has 16 rings (SSSR count). The molecule has 692 valence electrons. The molecule has 0 radical (unpaired) electrons. The summed E-state index contributed by atoms with van der Waals surface area (Å²) >= 11 is 0. The summed E-state index contributed by atoms with van der Waals surface area (Å²) in [6, 6.07) is 0. The van der Waals surface area contributed by atoms with Gasteiger partial charge in [0.15, 0.2) is 0 Å². The van der Waals surface area contributed by atoms with E-state index in [1.807, 2.05) is 21.1 Å². The van der Waals surface area contributed by atoms with Gasteiger partial charge in [-0.05, 0) is 380 Å². The van der Waals surface area contributed by atoms with Gasteiger partial charge in [-0.3, -0.25) is 0 Å². The monoisotopic (exact) mass is 1640 g/mol. The largest absolute Gasteiger partial charge is 0.381 e. The van der Waals surface area contributed by atoms with E-state index in [-0.39, 0.29) is 0 Å². The first kappa shape index (κ1) is 110. The van der Waals surface area contributed by atoms with Crippen LogP contribution in [0.25, 0.3) is 0 Å². The van der Waals surface area contributed by atoms with Crippen molar-refractivity contribution in [3.05, 3.63) is 0 Å². The second-order valence-corrected chi connectivity index (χ2v) is 42.0. The van der Waals surface area contributed by atoms with E-state index in [2.05, 4.69) is 166 Å². The molecule has 0 aromatic rings.